The normalized spacial score (nSPS) is 11.2. The molecule has 1 aromatic rings. The van der Waals surface area contributed by atoms with Gasteiger partial charge in [-0.2, -0.15) is 9.40 Å². The first kappa shape index (κ1) is 15.1. The van der Waals surface area contributed by atoms with E-state index in [9.17, 15) is 8.42 Å². The molecule has 0 aliphatic heterocycles. The van der Waals surface area contributed by atoms with Gasteiger partial charge >= 0.3 is 0 Å². The van der Waals surface area contributed by atoms with Crippen LogP contribution >= 0.6 is 0 Å². The summed E-state index contributed by atoms with van der Waals surface area (Å²) in [5.74, 6) is 0. The molecule has 0 aromatic carbocycles. The molecule has 0 atom stereocenters. The van der Waals surface area contributed by atoms with Crippen LogP contribution in [0.1, 0.15) is 25.2 Å². The van der Waals surface area contributed by atoms with Gasteiger partial charge < -0.3 is 0 Å². The molecule has 0 spiro atoms. The summed E-state index contributed by atoms with van der Waals surface area (Å²) in [7, 11) is 0.241. The van der Waals surface area contributed by atoms with Crippen LogP contribution in [0.15, 0.2) is 6.07 Å². The van der Waals surface area contributed by atoms with Gasteiger partial charge in [-0.25, -0.2) is 8.42 Å². The van der Waals surface area contributed by atoms with Crippen molar-refractivity contribution in [1.29, 1.82) is 0 Å². The van der Waals surface area contributed by atoms with Gasteiger partial charge in [0.15, 0.2) is 0 Å². The molecule has 0 saturated carbocycles. The minimum absolute atomic E-state index is 0.357. The number of hydrogen-bond acceptors (Lipinski definition) is 3. The summed E-state index contributed by atoms with van der Waals surface area (Å²) in [5, 5.41) is 4.14. The Labute approximate surface area is 98.1 Å². The maximum atomic E-state index is 11.1. The molecule has 0 amide bonds. The van der Waals surface area contributed by atoms with E-state index in [1.54, 1.807) is 18.8 Å². The van der Waals surface area contributed by atoms with Gasteiger partial charge in [-0.05, 0) is 13.0 Å². The fourth-order valence-electron chi connectivity index (χ4n) is 1.16. The Hall–Kier alpha value is -0.880. The van der Waals surface area contributed by atoms with E-state index in [4.69, 9.17) is 0 Å². The van der Waals surface area contributed by atoms with Crippen molar-refractivity contribution in [3.63, 3.8) is 0 Å². The molecule has 0 radical (unpaired) electrons. The number of sulfonamides is 1. The molecule has 5 nitrogen and oxygen atoms in total. The molecule has 0 bridgehead atoms. The van der Waals surface area contributed by atoms with E-state index >= 15 is 0 Å². The highest BCUT2D eigenvalue weighted by Gasteiger charge is 2.13. The average molecular weight is 247 g/mol. The molecule has 1 heterocycles. The third-order valence-electron chi connectivity index (χ3n) is 2.05. The average Bonchev–Trinajstić information content (AvgIpc) is 2.47. The van der Waals surface area contributed by atoms with Crippen LogP contribution in [0.5, 0.6) is 0 Å². The monoisotopic (exact) mass is 247 g/mol. The van der Waals surface area contributed by atoms with E-state index in [-0.39, 0.29) is 0 Å². The Morgan fingerprint density at radius 2 is 1.94 bits per heavy atom. The second-order valence-corrected chi connectivity index (χ2v) is 5.51. The highest BCUT2D eigenvalue weighted by Crippen LogP contribution is 2.06. The van der Waals surface area contributed by atoms with Crippen LogP contribution in [0.4, 0.5) is 0 Å². The second kappa shape index (κ2) is 6.00. The van der Waals surface area contributed by atoms with Crippen molar-refractivity contribution in [2.45, 2.75) is 27.3 Å². The third kappa shape index (κ3) is 4.32. The Morgan fingerprint density at radius 3 is 2.25 bits per heavy atom. The zero-order valence-corrected chi connectivity index (χ0v) is 11.7. The highest BCUT2D eigenvalue weighted by atomic mass is 32.2. The maximum Gasteiger partial charge on any atom is 0.211 e. The van der Waals surface area contributed by atoms with E-state index < -0.39 is 10.0 Å². The molecule has 1 rings (SSSR count). The van der Waals surface area contributed by atoms with Crippen molar-refractivity contribution < 1.29 is 8.42 Å². The number of rotatable bonds is 3. The fourth-order valence-corrected chi connectivity index (χ4v) is 1.52. The van der Waals surface area contributed by atoms with E-state index in [1.807, 2.05) is 26.8 Å². The van der Waals surface area contributed by atoms with E-state index in [1.165, 1.54) is 10.6 Å². The van der Waals surface area contributed by atoms with Gasteiger partial charge in [0.2, 0.25) is 10.0 Å². The first-order valence-corrected chi connectivity index (χ1v) is 7.06. The summed E-state index contributed by atoms with van der Waals surface area (Å²) in [5.41, 5.74) is 1.78. The summed E-state index contributed by atoms with van der Waals surface area (Å²) < 4.78 is 25.3. The maximum absolute atomic E-state index is 11.1. The molecule has 0 aliphatic rings. The van der Waals surface area contributed by atoms with Gasteiger partial charge in [0.1, 0.15) is 0 Å². The lowest BCUT2D eigenvalue weighted by Gasteiger charge is -2.13. The molecule has 0 fully saturated rings. The minimum Gasteiger partial charge on any atom is -0.271 e. The molecule has 6 heteroatoms. The Kier molecular flexibility index (Phi) is 5.67. The molecule has 16 heavy (non-hydrogen) atoms. The van der Waals surface area contributed by atoms with Gasteiger partial charge in [0.05, 0.1) is 24.2 Å². The standard InChI is InChI=1S/C8H15N3O2S.C2H6/c1-7-5-8(11(3)9-7)6-10(2)14(4,12)13;1-2/h5H,6H2,1-4H3;1-2H3. The van der Waals surface area contributed by atoms with Crippen LogP contribution in [0, 0.1) is 6.92 Å². The van der Waals surface area contributed by atoms with Crippen LogP contribution < -0.4 is 0 Å². The summed E-state index contributed by atoms with van der Waals surface area (Å²) in [6.45, 7) is 6.24. The molecule has 1 aromatic heterocycles. The molecule has 0 saturated heterocycles. The topological polar surface area (TPSA) is 55.2 Å². The van der Waals surface area contributed by atoms with Crippen molar-refractivity contribution in [2.75, 3.05) is 13.3 Å². The molecular formula is C10H21N3O2S. The Bertz CT molecular complexity index is 423. The first-order chi connectivity index (χ1) is 7.30. The zero-order chi connectivity index (χ0) is 12.9. The van der Waals surface area contributed by atoms with Crippen molar-refractivity contribution >= 4 is 10.0 Å². The van der Waals surface area contributed by atoms with Gasteiger partial charge in [0, 0.05) is 14.1 Å². The van der Waals surface area contributed by atoms with Gasteiger partial charge in [-0.3, -0.25) is 4.68 Å². The van der Waals surface area contributed by atoms with Gasteiger partial charge in [-0.15, -0.1) is 0 Å². The molecular weight excluding hydrogens is 226 g/mol. The van der Waals surface area contributed by atoms with Crippen LogP contribution in [0.2, 0.25) is 0 Å². The van der Waals surface area contributed by atoms with Crippen molar-refractivity contribution in [2.24, 2.45) is 7.05 Å². The lowest BCUT2D eigenvalue weighted by Crippen LogP contribution is -2.25. The predicted octanol–water partition coefficient (Wildman–Crippen LogP) is 1.15. The van der Waals surface area contributed by atoms with Crippen LogP contribution in [0.25, 0.3) is 0 Å². The molecule has 0 unspecified atom stereocenters. The smallest absolute Gasteiger partial charge is 0.211 e. The Balaban J connectivity index is 0.00000106. The fraction of sp³-hybridized carbons (Fsp3) is 0.700. The first-order valence-electron chi connectivity index (χ1n) is 5.21. The van der Waals surface area contributed by atoms with Crippen molar-refractivity contribution in [1.82, 2.24) is 14.1 Å². The molecule has 0 aliphatic carbocycles. The van der Waals surface area contributed by atoms with E-state index in [0.29, 0.717) is 6.54 Å². The number of aromatic nitrogens is 2. The predicted molar refractivity (Wildman–Crippen MR) is 65.6 cm³/mol. The summed E-state index contributed by atoms with van der Waals surface area (Å²) >= 11 is 0. The Morgan fingerprint density at radius 1 is 1.44 bits per heavy atom. The lowest BCUT2D eigenvalue weighted by atomic mass is 10.4. The van der Waals surface area contributed by atoms with Gasteiger partial charge in [0.25, 0.3) is 0 Å². The summed E-state index contributed by atoms with van der Waals surface area (Å²) in [6.07, 6.45) is 1.19. The quantitative estimate of drug-likeness (QED) is 0.805. The van der Waals surface area contributed by atoms with Crippen LogP contribution in [-0.4, -0.2) is 35.8 Å². The summed E-state index contributed by atoms with van der Waals surface area (Å²) in [6, 6.07) is 1.88. The molecule has 94 valence electrons. The van der Waals surface area contributed by atoms with E-state index in [0.717, 1.165) is 11.4 Å². The van der Waals surface area contributed by atoms with Crippen LogP contribution in [0.3, 0.4) is 0 Å². The number of nitrogens with zero attached hydrogens (tertiary/aromatic N) is 3. The van der Waals surface area contributed by atoms with Gasteiger partial charge in [-0.1, -0.05) is 13.8 Å². The highest BCUT2D eigenvalue weighted by molar-refractivity contribution is 7.88. The second-order valence-electron chi connectivity index (χ2n) is 3.42. The SMILES string of the molecule is CC.Cc1cc(CN(C)S(C)(=O)=O)n(C)n1. The summed E-state index contributed by atoms with van der Waals surface area (Å²) in [4.78, 5) is 0. The van der Waals surface area contributed by atoms with Crippen molar-refractivity contribution in [3.05, 3.63) is 17.5 Å². The minimum atomic E-state index is -3.12. The van der Waals surface area contributed by atoms with Crippen molar-refractivity contribution in [3.8, 4) is 0 Å². The third-order valence-corrected chi connectivity index (χ3v) is 3.31. The zero-order valence-electron chi connectivity index (χ0n) is 10.9. The molecule has 0 N–H and O–H groups in total. The number of aryl methyl sites for hydroxylation is 2. The van der Waals surface area contributed by atoms with Crippen LogP contribution in [-0.2, 0) is 23.6 Å². The van der Waals surface area contributed by atoms with E-state index in [2.05, 4.69) is 5.10 Å². The largest absolute Gasteiger partial charge is 0.271 e. The number of hydrogen-bond donors (Lipinski definition) is 0. The lowest BCUT2D eigenvalue weighted by molar-refractivity contribution is 0.457.